The zero-order chi connectivity index (χ0) is 37.8. The van der Waals surface area contributed by atoms with Crippen molar-refractivity contribution in [3.05, 3.63) is 23.8 Å². The van der Waals surface area contributed by atoms with Gasteiger partial charge in [-0.05, 0) is 71.6 Å². The van der Waals surface area contributed by atoms with Crippen LogP contribution >= 0.6 is 0 Å². The molecule has 1 aliphatic heterocycles. The van der Waals surface area contributed by atoms with Crippen LogP contribution in [-0.4, -0.2) is 120 Å². The van der Waals surface area contributed by atoms with Crippen LogP contribution in [0.3, 0.4) is 0 Å². The number of hydrogen-bond acceptors (Lipinski definition) is 13. The first kappa shape index (κ1) is 42.4. The number of unbranched alkanes of at least 4 members (excludes halogenated alkanes) is 1. The Morgan fingerprint density at radius 3 is 2.28 bits per heavy atom. The Morgan fingerprint density at radius 2 is 1.66 bits per heavy atom. The third-order valence-corrected chi connectivity index (χ3v) is 7.51. The summed E-state index contributed by atoms with van der Waals surface area (Å²) in [6.45, 7) is 9.82. The maximum Gasteiger partial charge on any atom is 0.335 e. The number of nitrogens with two attached hydrogens (primary N) is 1. The molecule has 280 valence electrons. The maximum absolute atomic E-state index is 12.8. The number of aliphatic hydroxyl groups excluding tert-OH is 3. The summed E-state index contributed by atoms with van der Waals surface area (Å²) in [5, 5.41) is 47.8. The van der Waals surface area contributed by atoms with Gasteiger partial charge in [-0.15, -0.1) is 0 Å². The molecule has 0 aliphatic carbocycles. The van der Waals surface area contributed by atoms with Crippen LogP contribution < -0.4 is 26.4 Å². The van der Waals surface area contributed by atoms with E-state index in [1.165, 1.54) is 26.0 Å². The number of amides is 3. The van der Waals surface area contributed by atoms with E-state index in [-0.39, 0.29) is 49.1 Å². The van der Waals surface area contributed by atoms with Gasteiger partial charge in [-0.1, -0.05) is 6.07 Å². The number of hydrogen-bond donors (Lipinski definition) is 8. The van der Waals surface area contributed by atoms with Gasteiger partial charge in [0, 0.05) is 19.5 Å². The summed E-state index contributed by atoms with van der Waals surface area (Å²) in [7, 11) is 1.22. The molecule has 1 aromatic carbocycles. The van der Waals surface area contributed by atoms with Crippen molar-refractivity contribution in [1.29, 1.82) is 0 Å². The van der Waals surface area contributed by atoms with Crippen LogP contribution in [0.5, 0.6) is 5.75 Å². The molecular weight excluding hydrogens is 659 g/mol. The molecule has 1 heterocycles. The fourth-order valence-corrected chi connectivity index (χ4v) is 4.49. The number of carboxylic acids is 1. The fraction of sp³-hybridized carbons (Fsp3) is 0.656. The van der Waals surface area contributed by atoms with E-state index in [1.807, 2.05) is 20.8 Å². The molecule has 2 rings (SSSR count). The molecule has 3 amide bonds. The number of aliphatic hydroxyl groups is 3. The van der Waals surface area contributed by atoms with E-state index in [2.05, 4.69) is 16.0 Å². The normalized spacial score (nSPS) is 21.4. The molecule has 1 saturated heterocycles. The Bertz CT molecular complexity index is 1340. The van der Waals surface area contributed by atoms with Crippen LogP contribution in [0.15, 0.2) is 18.2 Å². The summed E-state index contributed by atoms with van der Waals surface area (Å²) >= 11 is 0. The van der Waals surface area contributed by atoms with Crippen molar-refractivity contribution in [2.45, 2.75) is 109 Å². The van der Waals surface area contributed by atoms with E-state index >= 15 is 0 Å². The topological polar surface area (TPSA) is 265 Å². The molecule has 1 unspecified atom stereocenters. The van der Waals surface area contributed by atoms with Crippen LogP contribution in [0.2, 0.25) is 0 Å². The SMILES string of the molecule is BC(=O)OCc1ccc(O[C@@H]2O[C@H](C(=O)O)[C@@H](O)[C@H](O)[C@H]2O)c(NC(=O)CCNC(=O)C(N)CCCCNC(=O)C(C)(C)COC(C)(C)C)c1. The molecule has 9 N–H and O–H groups in total. The number of ether oxygens (including phenoxy) is 4. The Kier molecular flexibility index (Phi) is 16.1. The van der Waals surface area contributed by atoms with Gasteiger partial charge < -0.3 is 61.1 Å². The van der Waals surface area contributed by atoms with Gasteiger partial charge in [-0.25, -0.2) is 4.79 Å². The van der Waals surface area contributed by atoms with Crippen molar-refractivity contribution in [1.82, 2.24) is 10.6 Å². The highest BCUT2D eigenvalue weighted by atomic mass is 16.7. The summed E-state index contributed by atoms with van der Waals surface area (Å²) in [6.07, 6.45) is -8.02. The third kappa shape index (κ3) is 13.8. The molecule has 6 atom stereocenters. The number of aliphatic carboxylic acids is 1. The second kappa shape index (κ2) is 19.0. The number of rotatable bonds is 18. The minimum Gasteiger partial charge on any atom is -0.479 e. The lowest BCUT2D eigenvalue weighted by Gasteiger charge is -2.38. The Balaban J connectivity index is 1.89. The molecule has 0 saturated carbocycles. The summed E-state index contributed by atoms with van der Waals surface area (Å²) in [6, 6.07) is 3.38. The number of carbonyl (C=O) groups excluding carboxylic acids is 4. The van der Waals surface area contributed by atoms with Gasteiger partial charge in [0.25, 0.3) is 0 Å². The number of benzene rings is 1. The lowest BCUT2D eigenvalue weighted by atomic mass is 9.93. The zero-order valence-electron chi connectivity index (χ0n) is 29.4. The van der Waals surface area contributed by atoms with Gasteiger partial charge in [0.1, 0.15) is 30.7 Å². The predicted octanol–water partition coefficient (Wildman–Crippen LogP) is -0.873. The van der Waals surface area contributed by atoms with Crippen molar-refractivity contribution >= 4 is 43.1 Å². The summed E-state index contributed by atoms with van der Waals surface area (Å²) in [5.41, 5.74) is 5.40. The van der Waals surface area contributed by atoms with Crippen molar-refractivity contribution in [2.75, 3.05) is 25.0 Å². The van der Waals surface area contributed by atoms with Crippen LogP contribution in [0.25, 0.3) is 0 Å². The minimum atomic E-state index is -1.93. The quantitative estimate of drug-likeness (QED) is 0.0680. The van der Waals surface area contributed by atoms with E-state index in [1.54, 1.807) is 13.8 Å². The number of carbonyl (C=O) groups is 5. The standard InChI is InChI=1S/C32H51BN4O13/c1-31(2,3)48-16-32(4,5)29(45)36-12-7-6-8-18(34)26(42)35-13-11-21(38)37-19-14-17(15-47-30(33)46)9-10-20(19)49-28-24(41)22(39)23(40)25(50-28)27(43)44/h9-10,14,18,22-25,28,39-41H,6-8,11-13,15-16,33-34H2,1-5H3,(H,35,42)(H,36,45)(H,37,38)(H,43,44)/t18?,22-,23-,24+,25-,28+/m0/s1. The maximum atomic E-state index is 12.8. The van der Waals surface area contributed by atoms with Gasteiger partial charge in [-0.3, -0.25) is 19.2 Å². The largest absolute Gasteiger partial charge is 0.479 e. The lowest BCUT2D eigenvalue weighted by molar-refractivity contribution is -0.271. The Labute approximate surface area is 291 Å². The van der Waals surface area contributed by atoms with E-state index in [4.69, 9.17) is 24.7 Å². The van der Waals surface area contributed by atoms with E-state index in [0.29, 0.717) is 31.4 Å². The Morgan fingerprint density at radius 1 is 0.980 bits per heavy atom. The molecule has 1 aliphatic rings. The van der Waals surface area contributed by atoms with E-state index in [9.17, 15) is 44.4 Å². The number of anilines is 1. The smallest absolute Gasteiger partial charge is 0.335 e. The number of nitrogens with one attached hydrogen (secondary N) is 3. The van der Waals surface area contributed by atoms with Crippen molar-refractivity contribution in [3.63, 3.8) is 0 Å². The second-order valence-electron chi connectivity index (χ2n) is 13.7. The molecule has 0 bridgehead atoms. The molecule has 0 spiro atoms. The van der Waals surface area contributed by atoms with E-state index < -0.39 is 65.8 Å². The van der Waals surface area contributed by atoms with Crippen LogP contribution in [0.4, 0.5) is 10.5 Å². The second-order valence-corrected chi connectivity index (χ2v) is 13.7. The summed E-state index contributed by atoms with van der Waals surface area (Å²) in [4.78, 5) is 60.6. The molecule has 1 fully saturated rings. The first-order valence-electron chi connectivity index (χ1n) is 16.3. The monoisotopic (exact) mass is 710 g/mol. The van der Waals surface area contributed by atoms with Crippen molar-refractivity contribution in [3.8, 4) is 5.75 Å². The molecule has 0 aromatic heterocycles. The number of carboxylic acid groups (broad SMARTS) is 1. The molecule has 18 heteroatoms. The highest BCUT2D eigenvalue weighted by Crippen LogP contribution is 2.31. The lowest BCUT2D eigenvalue weighted by Crippen LogP contribution is -2.61. The first-order valence-corrected chi connectivity index (χ1v) is 16.3. The molecular formula is C32H51BN4O13. The Hall–Kier alpha value is -3.81. The predicted molar refractivity (Wildman–Crippen MR) is 181 cm³/mol. The first-order chi connectivity index (χ1) is 23.2. The molecule has 0 radical (unpaired) electrons. The van der Waals surface area contributed by atoms with Crippen LogP contribution in [0, 0.1) is 5.41 Å². The molecule has 50 heavy (non-hydrogen) atoms. The average molecular weight is 711 g/mol. The molecule has 1 aromatic rings. The highest BCUT2D eigenvalue weighted by Gasteiger charge is 2.48. The third-order valence-electron chi connectivity index (χ3n) is 7.51. The zero-order valence-corrected chi connectivity index (χ0v) is 29.4. The highest BCUT2D eigenvalue weighted by molar-refractivity contribution is 6.55. The fourth-order valence-electron chi connectivity index (χ4n) is 4.49. The van der Waals surface area contributed by atoms with E-state index in [0.717, 1.165) is 0 Å². The average Bonchev–Trinajstić information content (AvgIpc) is 3.02. The van der Waals surface area contributed by atoms with Gasteiger partial charge in [0.2, 0.25) is 37.7 Å². The van der Waals surface area contributed by atoms with Gasteiger partial charge in [-0.2, -0.15) is 0 Å². The summed E-state index contributed by atoms with van der Waals surface area (Å²) < 4.78 is 21.5. The summed E-state index contributed by atoms with van der Waals surface area (Å²) in [5.74, 6) is -3.44. The van der Waals surface area contributed by atoms with Crippen molar-refractivity contribution in [2.24, 2.45) is 11.1 Å². The van der Waals surface area contributed by atoms with Crippen LogP contribution in [-0.2, 0) is 40.0 Å². The molecule has 17 nitrogen and oxygen atoms in total. The van der Waals surface area contributed by atoms with Gasteiger partial charge in [0.05, 0.1) is 29.4 Å². The van der Waals surface area contributed by atoms with Gasteiger partial charge in [0.15, 0.2) is 6.10 Å². The van der Waals surface area contributed by atoms with Gasteiger partial charge >= 0.3 is 5.97 Å². The minimum absolute atomic E-state index is 0.0168. The van der Waals surface area contributed by atoms with Crippen molar-refractivity contribution < 1.29 is 63.3 Å². The van der Waals surface area contributed by atoms with Crippen LogP contribution in [0.1, 0.15) is 65.9 Å².